The SMILES string of the molecule is CN1C(=O)C(c2ccccc2)CC12CCN(C(=O)c1ccccc1C#N)CC2. The minimum Gasteiger partial charge on any atom is -0.339 e. The van der Waals surface area contributed by atoms with Crippen LogP contribution >= 0.6 is 0 Å². The Kier molecular flexibility index (Phi) is 4.64. The van der Waals surface area contributed by atoms with Crippen molar-refractivity contribution in [1.82, 2.24) is 9.80 Å². The number of benzene rings is 2. The van der Waals surface area contributed by atoms with Gasteiger partial charge in [-0.05, 0) is 37.0 Å². The van der Waals surface area contributed by atoms with Gasteiger partial charge in [0, 0.05) is 25.7 Å². The van der Waals surface area contributed by atoms with Gasteiger partial charge in [0.15, 0.2) is 0 Å². The Hall–Kier alpha value is -3.13. The van der Waals surface area contributed by atoms with E-state index in [1.807, 2.05) is 47.2 Å². The average molecular weight is 373 g/mol. The topological polar surface area (TPSA) is 64.4 Å². The third kappa shape index (κ3) is 2.95. The van der Waals surface area contributed by atoms with Crippen LogP contribution in [0.4, 0.5) is 0 Å². The first-order valence-electron chi connectivity index (χ1n) is 9.67. The van der Waals surface area contributed by atoms with Crippen LogP contribution < -0.4 is 0 Å². The molecule has 2 aromatic carbocycles. The smallest absolute Gasteiger partial charge is 0.255 e. The fraction of sp³-hybridized carbons (Fsp3) is 0.348. The van der Waals surface area contributed by atoms with Crippen molar-refractivity contribution in [2.24, 2.45) is 0 Å². The van der Waals surface area contributed by atoms with E-state index in [1.54, 1.807) is 24.3 Å². The number of piperidine rings is 1. The molecular formula is C23H23N3O2. The number of nitriles is 1. The van der Waals surface area contributed by atoms with E-state index in [0.717, 1.165) is 24.8 Å². The number of hydrogen-bond donors (Lipinski definition) is 0. The van der Waals surface area contributed by atoms with Crippen molar-refractivity contribution in [3.63, 3.8) is 0 Å². The zero-order valence-electron chi connectivity index (χ0n) is 16.0. The second kappa shape index (κ2) is 7.12. The molecule has 0 radical (unpaired) electrons. The van der Waals surface area contributed by atoms with E-state index in [2.05, 4.69) is 6.07 Å². The van der Waals surface area contributed by atoms with Crippen molar-refractivity contribution >= 4 is 11.8 Å². The fourth-order valence-electron chi connectivity index (χ4n) is 4.62. The maximum Gasteiger partial charge on any atom is 0.255 e. The van der Waals surface area contributed by atoms with Crippen LogP contribution in [0.5, 0.6) is 0 Å². The van der Waals surface area contributed by atoms with E-state index < -0.39 is 0 Å². The molecular weight excluding hydrogens is 350 g/mol. The van der Waals surface area contributed by atoms with Gasteiger partial charge in [0.05, 0.1) is 23.1 Å². The molecule has 2 saturated heterocycles. The maximum absolute atomic E-state index is 12.9. The summed E-state index contributed by atoms with van der Waals surface area (Å²) in [6, 6.07) is 19.0. The predicted octanol–water partition coefficient (Wildman–Crippen LogP) is 3.18. The molecule has 2 amide bonds. The molecule has 0 N–H and O–H groups in total. The molecule has 2 aliphatic rings. The Morgan fingerprint density at radius 3 is 2.39 bits per heavy atom. The number of likely N-dealkylation sites (tertiary alicyclic amines) is 2. The van der Waals surface area contributed by atoms with E-state index in [4.69, 9.17) is 0 Å². The van der Waals surface area contributed by atoms with Gasteiger partial charge in [-0.15, -0.1) is 0 Å². The van der Waals surface area contributed by atoms with E-state index in [0.29, 0.717) is 24.2 Å². The number of hydrogen-bond acceptors (Lipinski definition) is 3. The van der Waals surface area contributed by atoms with E-state index in [9.17, 15) is 14.9 Å². The van der Waals surface area contributed by atoms with Crippen molar-refractivity contribution in [2.45, 2.75) is 30.7 Å². The van der Waals surface area contributed by atoms with Crippen LogP contribution in [0.1, 0.15) is 46.7 Å². The second-order valence-electron chi connectivity index (χ2n) is 7.74. The lowest BCUT2D eigenvalue weighted by Gasteiger charge is -2.43. The van der Waals surface area contributed by atoms with Crippen LogP contribution in [0.25, 0.3) is 0 Å². The summed E-state index contributed by atoms with van der Waals surface area (Å²) in [7, 11) is 1.90. The van der Waals surface area contributed by atoms with Gasteiger partial charge in [-0.3, -0.25) is 9.59 Å². The molecule has 2 heterocycles. The van der Waals surface area contributed by atoms with Gasteiger partial charge in [0.2, 0.25) is 5.91 Å². The number of carbonyl (C=O) groups excluding carboxylic acids is 2. The highest BCUT2D eigenvalue weighted by Gasteiger charge is 2.50. The van der Waals surface area contributed by atoms with Crippen LogP contribution in [-0.4, -0.2) is 47.3 Å². The average Bonchev–Trinajstić information content (AvgIpc) is 2.99. The molecule has 5 heteroatoms. The highest BCUT2D eigenvalue weighted by molar-refractivity contribution is 5.96. The molecule has 0 aromatic heterocycles. The first-order chi connectivity index (χ1) is 13.6. The number of amides is 2. The molecule has 1 unspecified atom stereocenters. The highest BCUT2D eigenvalue weighted by Crippen LogP contribution is 2.45. The Morgan fingerprint density at radius 1 is 1.07 bits per heavy atom. The molecule has 2 aromatic rings. The molecule has 0 saturated carbocycles. The number of carbonyl (C=O) groups is 2. The third-order valence-electron chi connectivity index (χ3n) is 6.39. The maximum atomic E-state index is 12.9. The Bertz CT molecular complexity index is 940. The lowest BCUT2D eigenvalue weighted by molar-refractivity contribution is -0.131. The van der Waals surface area contributed by atoms with Gasteiger partial charge in [0.25, 0.3) is 5.91 Å². The number of nitrogens with zero attached hydrogens (tertiary/aromatic N) is 3. The van der Waals surface area contributed by atoms with Crippen LogP contribution in [0.15, 0.2) is 54.6 Å². The molecule has 5 nitrogen and oxygen atoms in total. The van der Waals surface area contributed by atoms with E-state index >= 15 is 0 Å². The van der Waals surface area contributed by atoms with Gasteiger partial charge in [-0.25, -0.2) is 0 Å². The number of rotatable bonds is 2. The molecule has 28 heavy (non-hydrogen) atoms. The Balaban J connectivity index is 1.50. The zero-order chi connectivity index (χ0) is 19.7. The number of likely N-dealkylation sites (N-methyl/N-ethyl adjacent to an activating group) is 1. The lowest BCUT2D eigenvalue weighted by atomic mass is 9.81. The minimum atomic E-state index is -0.191. The highest BCUT2D eigenvalue weighted by atomic mass is 16.2. The summed E-state index contributed by atoms with van der Waals surface area (Å²) in [5.74, 6) is -0.0350. The molecule has 0 aliphatic carbocycles. The summed E-state index contributed by atoms with van der Waals surface area (Å²) in [5, 5.41) is 9.27. The monoisotopic (exact) mass is 373 g/mol. The van der Waals surface area contributed by atoms with Crippen molar-refractivity contribution in [3.8, 4) is 6.07 Å². The zero-order valence-corrected chi connectivity index (χ0v) is 16.0. The quantitative estimate of drug-likeness (QED) is 0.812. The van der Waals surface area contributed by atoms with Crippen LogP contribution in [0.2, 0.25) is 0 Å². The normalized spacial score (nSPS) is 21.0. The van der Waals surface area contributed by atoms with Gasteiger partial charge in [-0.2, -0.15) is 5.26 Å². The summed E-state index contributed by atoms with van der Waals surface area (Å²) >= 11 is 0. The van der Waals surface area contributed by atoms with Crippen molar-refractivity contribution in [1.29, 1.82) is 5.26 Å². The second-order valence-corrected chi connectivity index (χ2v) is 7.74. The minimum absolute atomic E-state index is 0.0985. The van der Waals surface area contributed by atoms with Crippen molar-refractivity contribution < 1.29 is 9.59 Å². The molecule has 2 fully saturated rings. The lowest BCUT2D eigenvalue weighted by Crippen LogP contribution is -2.52. The van der Waals surface area contributed by atoms with Gasteiger partial charge < -0.3 is 9.80 Å². The predicted molar refractivity (Wildman–Crippen MR) is 106 cm³/mol. The Labute approximate surface area is 165 Å². The molecule has 142 valence electrons. The summed E-state index contributed by atoms with van der Waals surface area (Å²) in [6.07, 6.45) is 2.32. The van der Waals surface area contributed by atoms with E-state index in [-0.39, 0.29) is 23.3 Å². The summed E-state index contributed by atoms with van der Waals surface area (Å²) < 4.78 is 0. The van der Waals surface area contributed by atoms with Gasteiger partial charge in [0.1, 0.15) is 0 Å². The summed E-state index contributed by atoms with van der Waals surface area (Å²) in [4.78, 5) is 29.5. The fourth-order valence-corrected chi connectivity index (χ4v) is 4.62. The first-order valence-corrected chi connectivity index (χ1v) is 9.67. The molecule has 2 aliphatic heterocycles. The van der Waals surface area contributed by atoms with Crippen LogP contribution in [0.3, 0.4) is 0 Å². The van der Waals surface area contributed by atoms with Gasteiger partial charge >= 0.3 is 0 Å². The standard InChI is InChI=1S/C23H23N3O2/c1-25-21(27)20(17-7-3-2-4-8-17)15-23(25)11-13-26(14-12-23)22(28)19-10-6-5-9-18(19)16-24/h2-10,20H,11-15H2,1H3. The molecule has 4 rings (SSSR count). The first kappa shape index (κ1) is 18.2. The van der Waals surface area contributed by atoms with Crippen LogP contribution in [-0.2, 0) is 4.79 Å². The van der Waals surface area contributed by atoms with E-state index in [1.165, 1.54) is 0 Å². The van der Waals surface area contributed by atoms with Crippen LogP contribution in [0, 0.1) is 11.3 Å². The molecule has 0 bridgehead atoms. The summed E-state index contributed by atoms with van der Waals surface area (Å²) in [6.45, 7) is 1.19. The van der Waals surface area contributed by atoms with Gasteiger partial charge in [-0.1, -0.05) is 42.5 Å². The largest absolute Gasteiger partial charge is 0.339 e. The van der Waals surface area contributed by atoms with Crippen molar-refractivity contribution in [2.75, 3.05) is 20.1 Å². The summed E-state index contributed by atoms with van der Waals surface area (Å²) in [5.41, 5.74) is 1.74. The Morgan fingerprint density at radius 2 is 1.71 bits per heavy atom. The molecule has 1 spiro atoms. The third-order valence-corrected chi connectivity index (χ3v) is 6.39. The molecule has 1 atom stereocenters. The van der Waals surface area contributed by atoms with Crippen molar-refractivity contribution in [3.05, 3.63) is 71.3 Å².